The number of carbonyl (C=O) groups is 1. The fourth-order valence-electron chi connectivity index (χ4n) is 2.08. The molecule has 4 heteroatoms. The van der Waals surface area contributed by atoms with Gasteiger partial charge in [0.15, 0.2) is 0 Å². The van der Waals surface area contributed by atoms with Crippen LogP contribution in [0.15, 0.2) is 0 Å². The monoisotopic (exact) mass is 257 g/mol. The molecule has 1 aliphatic rings. The molecule has 18 heavy (non-hydrogen) atoms. The van der Waals surface area contributed by atoms with E-state index in [1.807, 2.05) is 20.8 Å². The van der Waals surface area contributed by atoms with Crippen LogP contribution >= 0.6 is 0 Å². The van der Waals surface area contributed by atoms with Crippen LogP contribution in [0.3, 0.4) is 0 Å². The Morgan fingerprint density at radius 2 is 2.06 bits per heavy atom. The highest BCUT2D eigenvalue weighted by Crippen LogP contribution is 2.17. The summed E-state index contributed by atoms with van der Waals surface area (Å²) in [6.07, 6.45) is 1.81. The largest absolute Gasteiger partial charge is 0.508 e. The van der Waals surface area contributed by atoms with Crippen molar-refractivity contribution in [1.82, 2.24) is 4.90 Å². The summed E-state index contributed by atoms with van der Waals surface area (Å²) < 4.78 is 10.3. The zero-order valence-electron chi connectivity index (χ0n) is 12.2. The third-order valence-corrected chi connectivity index (χ3v) is 3.11. The summed E-state index contributed by atoms with van der Waals surface area (Å²) in [6, 6.07) is 0. The zero-order chi connectivity index (χ0) is 13.6. The topological polar surface area (TPSA) is 38.8 Å². The molecule has 0 aromatic rings. The van der Waals surface area contributed by atoms with E-state index in [9.17, 15) is 4.79 Å². The molecule has 1 rings (SSSR count). The second-order valence-corrected chi connectivity index (χ2v) is 6.31. The van der Waals surface area contributed by atoms with Gasteiger partial charge in [0.05, 0.1) is 13.2 Å². The maximum Gasteiger partial charge on any atom is 0.508 e. The predicted octanol–water partition coefficient (Wildman–Crippen LogP) is 2.92. The third kappa shape index (κ3) is 6.24. The zero-order valence-corrected chi connectivity index (χ0v) is 12.2. The Kier molecular flexibility index (Phi) is 5.93. The molecule has 1 unspecified atom stereocenters. The molecular formula is C14H27NO3. The van der Waals surface area contributed by atoms with Crippen molar-refractivity contribution in [3.05, 3.63) is 0 Å². The number of rotatable bonds is 4. The molecule has 0 saturated carbocycles. The Morgan fingerprint density at radius 1 is 1.33 bits per heavy atom. The number of piperidine rings is 1. The van der Waals surface area contributed by atoms with Gasteiger partial charge in [-0.1, -0.05) is 27.7 Å². The van der Waals surface area contributed by atoms with Gasteiger partial charge in [-0.3, -0.25) is 0 Å². The third-order valence-electron chi connectivity index (χ3n) is 3.11. The summed E-state index contributed by atoms with van der Waals surface area (Å²) in [4.78, 5) is 13.8. The lowest BCUT2D eigenvalue weighted by molar-refractivity contribution is 0.0161. The maximum absolute atomic E-state index is 11.4. The van der Waals surface area contributed by atoms with Crippen LogP contribution in [-0.4, -0.2) is 43.9 Å². The molecule has 1 saturated heterocycles. The second kappa shape index (κ2) is 6.98. The van der Waals surface area contributed by atoms with E-state index >= 15 is 0 Å². The van der Waals surface area contributed by atoms with Crippen LogP contribution < -0.4 is 0 Å². The van der Waals surface area contributed by atoms with Gasteiger partial charge in [0.2, 0.25) is 0 Å². The van der Waals surface area contributed by atoms with Gasteiger partial charge in [-0.25, -0.2) is 4.79 Å². The molecule has 0 radical (unpaired) electrons. The highest BCUT2D eigenvalue weighted by atomic mass is 16.7. The lowest BCUT2D eigenvalue weighted by atomic mass is 9.99. The summed E-state index contributed by atoms with van der Waals surface area (Å²) in [5.41, 5.74) is -0.0110. The minimum absolute atomic E-state index is 0.0110. The molecule has 1 fully saturated rings. The van der Waals surface area contributed by atoms with Crippen LogP contribution in [0.2, 0.25) is 0 Å². The number of carbonyl (C=O) groups excluding carboxylic acids is 1. The van der Waals surface area contributed by atoms with Crippen molar-refractivity contribution in [2.24, 2.45) is 11.3 Å². The highest BCUT2D eigenvalue weighted by Gasteiger charge is 2.21. The molecule has 1 heterocycles. The number of likely N-dealkylation sites (tertiary alicyclic amines) is 1. The summed E-state index contributed by atoms with van der Waals surface area (Å²) in [5.74, 6) is 0.459. The van der Waals surface area contributed by atoms with Gasteiger partial charge in [-0.05, 0) is 31.3 Å². The van der Waals surface area contributed by atoms with Crippen molar-refractivity contribution < 1.29 is 14.3 Å². The molecular weight excluding hydrogens is 230 g/mol. The van der Waals surface area contributed by atoms with Crippen molar-refractivity contribution in [3.63, 3.8) is 0 Å². The van der Waals surface area contributed by atoms with Crippen molar-refractivity contribution in [3.8, 4) is 0 Å². The van der Waals surface area contributed by atoms with Gasteiger partial charge in [0.25, 0.3) is 0 Å². The first-order valence-corrected chi connectivity index (χ1v) is 6.92. The number of hydrogen-bond acceptors (Lipinski definition) is 4. The van der Waals surface area contributed by atoms with E-state index in [0.717, 1.165) is 19.5 Å². The van der Waals surface area contributed by atoms with Crippen LogP contribution in [0.4, 0.5) is 4.79 Å². The Balaban J connectivity index is 2.18. The molecule has 0 spiro atoms. The van der Waals surface area contributed by atoms with Crippen LogP contribution in [0, 0.1) is 11.3 Å². The van der Waals surface area contributed by atoms with Gasteiger partial charge < -0.3 is 14.4 Å². The Bertz CT molecular complexity index is 260. The minimum atomic E-state index is -0.529. The summed E-state index contributed by atoms with van der Waals surface area (Å²) in [6.45, 7) is 12.4. The molecule has 1 aliphatic heterocycles. The molecule has 0 bridgehead atoms. The van der Waals surface area contributed by atoms with Crippen LogP contribution in [-0.2, 0) is 9.47 Å². The second-order valence-electron chi connectivity index (χ2n) is 6.31. The van der Waals surface area contributed by atoms with E-state index in [-0.39, 0.29) is 5.41 Å². The normalized spacial score (nSPS) is 21.7. The first-order chi connectivity index (χ1) is 8.40. The van der Waals surface area contributed by atoms with E-state index in [1.165, 1.54) is 13.0 Å². The van der Waals surface area contributed by atoms with Crippen molar-refractivity contribution >= 4 is 6.16 Å². The standard InChI is InChI=1S/C14H27NO3/c1-5-15-8-6-7-12(9-15)10-17-13(16)18-11-14(2,3)4/h12H,5-11H2,1-4H3. The van der Waals surface area contributed by atoms with E-state index < -0.39 is 6.16 Å². The minimum Gasteiger partial charge on any atom is -0.434 e. The number of ether oxygens (including phenoxy) is 2. The van der Waals surface area contributed by atoms with E-state index in [0.29, 0.717) is 19.1 Å². The fourth-order valence-corrected chi connectivity index (χ4v) is 2.08. The van der Waals surface area contributed by atoms with Crippen LogP contribution in [0.1, 0.15) is 40.5 Å². The molecule has 0 amide bonds. The number of hydrogen-bond donors (Lipinski definition) is 0. The Hall–Kier alpha value is -0.770. The molecule has 0 aromatic carbocycles. The molecule has 0 aliphatic carbocycles. The SMILES string of the molecule is CCN1CCCC(COC(=O)OCC(C)(C)C)C1. The van der Waals surface area contributed by atoms with Gasteiger partial charge in [-0.15, -0.1) is 0 Å². The molecule has 1 atom stereocenters. The van der Waals surface area contributed by atoms with Gasteiger partial charge in [0, 0.05) is 12.5 Å². The molecule has 0 aromatic heterocycles. The Labute approximate surface area is 111 Å². The molecule has 0 N–H and O–H groups in total. The van der Waals surface area contributed by atoms with Crippen molar-refractivity contribution in [1.29, 1.82) is 0 Å². The highest BCUT2D eigenvalue weighted by molar-refractivity contribution is 5.59. The van der Waals surface area contributed by atoms with E-state index in [2.05, 4.69) is 11.8 Å². The van der Waals surface area contributed by atoms with Gasteiger partial charge in [-0.2, -0.15) is 0 Å². The number of nitrogens with zero attached hydrogens (tertiary/aromatic N) is 1. The van der Waals surface area contributed by atoms with Crippen molar-refractivity contribution in [2.75, 3.05) is 32.8 Å². The lowest BCUT2D eigenvalue weighted by Crippen LogP contribution is -2.37. The van der Waals surface area contributed by atoms with Gasteiger partial charge >= 0.3 is 6.16 Å². The van der Waals surface area contributed by atoms with E-state index in [4.69, 9.17) is 9.47 Å². The predicted molar refractivity (Wildman–Crippen MR) is 71.6 cm³/mol. The van der Waals surface area contributed by atoms with Crippen LogP contribution in [0.25, 0.3) is 0 Å². The Morgan fingerprint density at radius 3 is 2.67 bits per heavy atom. The maximum atomic E-state index is 11.4. The molecule has 106 valence electrons. The smallest absolute Gasteiger partial charge is 0.434 e. The average molecular weight is 257 g/mol. The first-order valence-electron chi connectivity index (χ1n) is 6.92. The first kappa shape index (κ1) is 15.3. The molecule has 4 nitrogen and oxygen atoms in total. The van der Waals surface area contributed by atoms with Crippen molar-refractivity contribution in [2.45, 2.75) is 40.5 Å². The quantitative estimate of drug-likeness (QED) is 0.726. The summed E-state index contributed by atoms with van der Waals surface area (Å²) in [7, 11) is 0. The summed E-state index contributed by atoms with van der Waals surface area (Å²) in [5, 5.41) is 0. The summed E-state index contributed by atoms with van der Waals surface area (Å²) >= 11 is 0. The fraction of sp³-hybridized carbons (Fsp3) is 0.929. The van der Waals surface area contributed by atoms with E-state index in [1.54, 1.807) is 0 Å². The lowest BCUT2D eigenvalue weighted by Gasteiger charge is -2.31. The van der Waals surface area contributed by atoms with Gasteiger partial charge in [0.1, 0.15) is 0 Å². The van der Waals surface area contributed by atoms with Crippen LogP contribution in [0.5, 0.6) is 0 Å². The average Bonchev–Trinajstić information content (AvgIpc) is 2.33.